The number of sulfonamides is 1. The molecule has 2 aromatic rings. The molecular weight excluding hydrogens is 252 g/mol. The Hall–Kier alpha value is -2.02. The highest BCUT2D eigenvalue weighted by molar-refractivity contribution is 7.92. The minimum Gasteiger partial charge on any atom is -0.381 e. The van der Waals surface area contributed by atoms with Crippen LogP contribution in [0, 0.1) is 6.92 Å². The number of rotatable bonds is 3. The normalized spacial score (nSPS) is 11.4. The Morgan fingerprint density at radius 2 is 1.89 bits per heavy atom. The summed E-state index contributed by atoms with van der Waals surface area (Å²) in [6, 6.07) is 7.04. The van der Waals surface area contributed by atoms with Gasteiger partial charge in [-0.05, 0) is 19.1 Å². The zero-order valence-electron chi connectivity index (χ0n) is 10.1. The molecule has 6 nitrogen and oxygen atoms in total. The van der Waals surface area contributed by atoms with Gasteiger partial charge in [-0.15, -0.1) is 0 Å². The van der Waals surface area contributed by atoms with Crippen molar-refractivity contribution in [1.29, 1.82) is 0 Å². The molecule has 1 aromatic carbocycles. The molecular formula is C11H14N4O2S. The number of hydrogen-bond donors (Lipinski definition) is 2. The highest BCUT2D eigenvalue weighted by Gasteiger charge is 2.22. The second-order valence-corrected chi connectivity index (χ2v) is 5.62. The molecule has 1 aromatic heterocycles. The van der Waals surface area contributed by atoms with Gasteiger partial charge >= 0.3 is 0 Å². The van der Waals surface area contributed by atoms with Crippen molar-refractivity contribution in [2.75, 3.05) is 10.5 Å². The van der Waals surface area contributed by atoms with E-state index in [1.165, 1.54) is 10.9 Å². The van der Waals surface area contributed by atoms with Gasteiger partial charge in [0.1, 0.15) is 0 Å². The van der Waals surface area contributed by atoms with Crippen LogP contribution in [0.2, 0.25) is 0 Å². The van der Waals surface area contributed by atoms with Gasteiger partial charge in [-0.2, -0.15) is 8.42 Å². The third kappa shape index (κ3) is 2.30. The van der Waals surface area contributed by atoms with Crippen molar-refractivity contribution in [2.24, 2.45) is 7.05 Å². The van der Waals surface area contributed by atoms with Crippen molar-refractivity contribution >= 4 is 21.5 Å². The maximum atomic E-state index is 12.1. The maximum Gasteiger partial charge on any atom is 0.281 e. The summed E-state index contributed by atoms with van der Waals surface area (Å²) in [7, 11) is -2.14. The number of anilines is 2. The topological polar surface area (TPSA) is 90.0 Å². The van der Waals surface area contributed by atoms with Crippen molar-refractivity contribution in [3.8, 4) is 0 Å². The average molecular weight is 266 g/mol. The van der Waals surface area contributed by atoms with Crippen molar-refractivity contribution < 1.29 is 8.42 Å². The van der Waals surface area contributed by atoms with E-state index in [0.717, 1.165) is 5.56 Å². The molecule has 2 rings (SSSR count). The summed E-state index contributed by atoms with van der Waals surface area (Å²) in [4.78, 5) is 3.76. The first-order valence-corrected chi connectivity index (χ1v) is 6.75. The first-order valence-electron chi connectivity index (χ1n) is 5.26. The molecule has 1 heterocycles. The molecule has 0 aliphatic heterocycles. The van der Waals surface area contributed by atoms with Crippen LogP contribution in [-0.2, 0) is 17.1 Å². The molecule has 96 valence electrons. The molecule has 7 heteroatoms. The predicted molar refractivity (Wildman–Crippen MR) is 69.6 cm³/mol. The van der Waals surface area contributed by atoms with Crippen LogP contribution in [-0.4, -0.2) is 18.0 Å². The van der Waals surface area contributed by atoms with E-state index in [0.29, 0.717) is 5.69 Å². The molecule has 0 bridgehead atoms. The summed E-state index contributed by atoms with van der Waals surface area (Å²) in [5.41, 5.74) is 7.10. The van der Waals surface area contributed by atoms with E-state index in [2.05, 4.69) is 9.71 Å². The first-order chi connectivity index (χ1) is 8.40. The zero-order valence-corrected chi connectivity index (χ0v) is 10.9. The maximum absolute atomic E-state index is 12.1. The number of imidazole rings is 1. The lowest BCUT2D eigenvalue weighted by Crippen LogP contribution is -2.17. The van der Waals surface area contributed by atoms with Gasteiger partial charge in [0.25, 0.3) is 10.0 Å². The number of nitrogens with zero attached hydrogens (tertiary/aromatic N) is 2. The number of nitrogens with one attached hydrogen (secondary N) is 1. The number of nitrogens with two attached hydrogens (primary N) is 1. The molecule has 0 unspecified atom stereocenters. The molecule has 3 N–H and O–H groups in total. The minimum atomic E-state index is -3.72. The summed E-state index contributed by atoms with van der Waals surface area (Å²) >= 11 is 0. The number of aromatic nitrogens is 2. The Morgan fingerprint density at radius 1 is 1.28 bits per heavy atom. The Labute approximate surface area is 106 Å². The van der Waals surface area contributed by atoms with Gasteiger partial charge in [0.05, 0.1) is 6.33 Å². The molecule has 0 saturated carbocycles. The van der Waals surface area contributed by atoms with Crippen molar-refractivity contribution in [3.05, 3.63) is 36.2 Å². The Bertz CT molecular complexity index is 639. The van der Waals surface area contributed by atoms with Gasteiger partial charge < -0.3 is 10.3 Å². The van der Waals surface area contributed by atoms with Gasteiger partial charge in [-0.3, -0.25) is 4.72 Å². The molecule has 18 heavy (non-hydrogen) atoms. The molecule has 0 aliphatic carbocycles. The van der Waals surface area contributed by atoms with Crippen LogP contribution < -0.4 is 10.5 Å². The van der Waals surface area contributed by atoms with E-state index >= 15 is 0 Å². The number of nitrogen functional groups attached to an aromatic ring is 1. The zero-order chi connectivity index (χ0) is 13.3. The Balaban J connectivity index is 2.36. The highest BCUT2D eigenvalue weighted by Crippen LogP contribution is 2.19. The fraction of sp³-hybridized carbons (Fsp3) is 0.182. The smallest absolute Gasteiger partial charge is 0.281 e. The van der Waals surface area contributed by atoms with Crippen molar-refractivity contribution in [1.82, 2.24) is 9.55 Å². The Kier molecular flexibility index (Phi) is 3.00. The van der Waals surface area contributed by atoms with Gasteiger partial charge in [0.15, 0.2) is 10.8 Å². The third-order valence-corrected chi connectivity index (χ3v) is 3.98. The van der Waals surface area contributed by atoms with E-state index in [1.807, 2.05) is 19.1 Å². The van der Waals surface area contributed by atoms with Crippen LogP contribution in [0.15, 0.2) is 35.6 Å². The summed E-state index contributed by atoms with van der Waals surface area (Å²) in [5.74, 6) is -0.0166. The molecule has 0 fully saturated rings. The number of hydrogen-bond acceptors (Lipinski definition) is 4. The third-order valence-electron chi connectivity index (χ3n) is 2.47. The number of benzene rings is 1. The lowest BCUT2D eigenvalue weighted by molar-refractivity contribution is 0.592. The second-order valence-electron chi connectivity index (χ2n) is 4.02. The van der Waals surface area contributed by atoms with Gasteiger partial charge in [0.2, 0.25) is 0 Å². The summed E-state index contributed by atoms with van der Waals surface area (Å²) < 4.78 is 28.1. The predicted octanol–water partition coefficient (Wildman–Crippen LogP) is 1.11. The van der Waals surface area contributed by atoms with Crippen molar-refractivity contribution in [3.63, 3.8) is 0 Å². The Morgan fingerprint density at radius 3 is 2.39 bits per heavy atom. The summed E-state index contributed by atoms with van der Waals surface area (Å²) in [5, 5.41) is -0.0388. The average Bonchev–Trinajstić information content (AvgIpc) is 2.62. The lowest BCUT2D eigenvalue weighted by atomic mass is 10.2. The quantitative estimate of drug-likeness (QED) is 0.870. The van der Waals surface area contributed by atoms with Gasteiger partial charge in [0, 0.05) is 12.7 Å². The fourth-order valence-electron chi connectivity index (χ4n) is 1.59. The van der Waals surface area contributed by atoms with Crippen LogP contribution >= 0.6 is 0 Å². The van der Waals surface area contributed by atoms with Crippen LogP contribution in [0.1, 0.15) is 5.56 Å². The summed E-state index contributed by atoms with van der Waals surface area (Å²) in [6.45, 7) is 1.93. The molecule has 0 amide bonds. The van der Waals surface area contributed by atoms with Gasteiger partial charge in [-0.1, -0.05) is 17.7 Å². The van der Waals surface area contributed by atoms with Crippen LogP contribution in [0.25, 0.3) is 0 Å². The molecule has 0 spiro atoms. The highest BCUT2D eigenvalue weighted by atomic mass is 32.2. The summed E-state index contributed by atoms with van der Waals surface area (Å²) in [6.07, 6.45) is 1.36. The largest absolute Gasteiger partial charge is 0.381 e. The van der Waals surface area contributed by atoms with Crippen LogP contribution in [0.5, 0.6) is 0 Å². The molecule has 0 saturated heterocycles. The van der Waals surface area contributed by atoms with E-state index in [4.69, 9.17) is 5.73 Å². The molecule has 0 aliphatic rings. The van der Waals surface area contributed by atoms with E-state index in [1.54, 1.807) is 19.2 Å². The second kappa shape index (κ2) is 4.34. The lowest BCUT2D eigenvalue weighted by Gasteiger charge is -2.09. The van der Waals surface area contributed by atoms with E-state index in [-0.39, 0.29) is 10.8 Å². The van der Waals surface area contributed by atoms with E-state index < -0.39 is 10.0 Å². The molecule has 0 atom stereocenters. The van der Waals surface area contributed by atoms with E-state index in [9.17, 15) is 8.42 Å². The SMILES string of the molecule is Cc1ccc(NS(=O)(=O)c2c(N)ncn2C)cc1. The monoisotopic (exact) mass is 266 g/mol. The molecule has 0 radical (unpaired) electrons. The van der Waals surface area contributed by atoms with Gasteiger partial charge in [-0.25, -0.2) is 4.98 Å². The van der Waals surface area contributed by atoms with Crippen LogP contribution in [0.4, 0.5) is 11.5 Å². The first kappa shape index (κ1) is 12.4. The minimum absolute atomic E-state index is 0.0166. The fourth-order valence-corrected chi connectivity index (χ4v) is 2.89. The standard InChI is InChI=1S/C11H14N4O2S/c1-8-3-5-9(6-4-8)14-18(16,17)11-10(12)13-7-15(11)2/h3-7,14H,12H2,1-2H3. The van der Waals surface area contributed by atoms with Crippen LogP contribution in [0.3, 0.4) is 0 Å². The number of aryl methyl sites for hydroxylation is 2. The van der Waals surface area contributed by atoms with Crippen molar-refractivity contribution in [2.45, 2.75) is 11.9 Å².